The molecule has 5 heteroatoms. The van der Waals surface area contributed by atoms with Gasteiger partial charge in [-0.05, 0) is 41.6 Å². The monoisotopic (exact) mass is 290 g/mol. The third kappa shape index (κ3) is 1.87. The quantitative estimate of drug-likeness (QED) is 0.741. The number of thiophene rings is 1. The fourth-order valence-corrected chi connectivity index (χ4v) is 3.60. The van der Waals surface area contributed by atoms with E-state index in [9.17, 15) is 0 Å². The summed E-state index contributed by atoms with van der Waals surface area (Å²) < 4.78 is 5.86. The van der Waals surface area contributed by atoms with E-state index in [2.05, 4.69) is 21.7 Å². The lowest BCUT2D eigenvalue weighted by Crippen LogP contribution is -2.29. The standard InChI is InChI=1S/C14H11ClN2OS/c15-8-1-2-11-10(7-8)17-14(18-11)13-9-4-6-19-12(9)3-5-16-13/h1-2,4,6-7,13,16H,3,5H2. The summed E-state index contributed by atoms with van der Waals surface area (Å²) >= 11 is 7.78. The third-order valence-corrected chi connectivity index (χ3v) is 4.64. The number of nitrogens with zero attached hydrogens (tertiary/aromatic N) is 1. The van der Waals surface area contributed by atoms with E-state index >= 15 is 0 Å². The lowest BCUT2D eigenvalue weighted by atomic mass is 10.0. The van der Waals surface area contributed by atoms with Gasteiger partial charge in [-0.1, -0.05) is 11.6 Å². The van der Waals surface area contributed by atoms with Crippen LogP contribution < -0.4 is 5.32 Å². The van der Waals surface area contributed by atoms with Gasteiger partial charge in [0.25, 0.3) is 0 Å². The van der Waals surface area contributed by atoms with Crippen molar-refractivity contribution in [2.45, 2.75) is 12.5 Å². The molecule has 3 nitrogen and oxygen atoms in total. The first-order valence-electron chi connectivity index (χ1n) is 6.17. The maximum absolute atomic E-state index is 5.98. The SMILES string of the molecule is Clc1ccc2oc(C3NCCc4sccc43)nc2c1. The maximum atomic E-state index is 5.98. The minimum absolute atomic E-state index is 0.0566. The minimum Gasteiger partial charge on any atom is -0.439 e. The smallest absolute Gasteiger partial charge is 0.217 e. The van der Waals surface area contributed by atoms with E-state index in [1.54, 1.807) is 11.3 Å². The van der Waals surface area contributed by atoms with Crippen LogP contribution in [0.3, 0.4) is 0 Å². The fourth-order valence-electron chi connectivity index (χ4n) is 2.51. The highest BCUT2D eigenvalue weighted by atomic mass is 35.5. The van der Waals surface area contributed by atoms with Crippen molar-refractivity contribution in [3.8, 4) is 0 Å². The van der Waals surface area contributed by atoms with Crippen LogP contribution in [0.15, 0.2) is 34.1 Å². The van der Waals surface area contributed by atoms with Gasteiger partial charge in [0.15, 0.2) is 5.58 Å². The van der Waals surface area contributed by atoms with Crippen molar-refractivity contribution in [1.82, 2.24) is 10.3 Å². The Kier molecular flexibility index (Phi) is 2.62. The number of fused-ring (bicyclic) bond motifs is 2. The molecule has 0 saturated heterocycles. The van der Waals surface area contributed by atoms with Crippen molar-refractivity contribution in [2.24, 2.45) is 0 Å². The fraction of sp³-hybridized carbons (Fsp3) is 0.214. The van der Waals surface area contributed by atoms with Crippen molar-refractivity contribution in [1.29, 1.82) is 0 Å². The zero-order chi connectivity index (χ0) is 12.8. The molecule has 1 unspecified atom stereocenters. The number of halogens is 1. The molecule has 3 aromatic rings. The summed E-state index contributed by atoms with van der Waals surface area (Å²) in [6, 6.07) is 7.73. The Hall–Kier alpha value is -1.36. The number of aromatic nitrogens is 1. The molecular weight excluding hydrogens is 280 g/mol. The van der Waals surface area contributed by atoms with E-state index < -0.39 is 0 Å². The molecular formula is C14H11ClN2OS. The minimum atomic E-state index is 0.0566. The molecule has 2 aromatic heterocycles. The second-order valence-corrected chi connectivity index (χ2v) is 6.04. The molecule has 0 spiro atoms. The lowest BCUT2D eigenvalue weighted by molar-refractivity contribution is 0.442. The largest absolute Gasteiger partial charge is 0.439 e. The number of hydrogen-bond acceptors (Lipinski definition) is 4. The van der Waals surface area contributed by atoms with Crippen molar-refractivity contribution in [2.75, 3.05) is 6.54 Å². The first-order chi connectivity index (χ1) is 9.31. The zero-order valence-corrected chi connectivity index (χ0v) is 11.6. The first kappa shape index (κ1) is 11.5. The average molecular weight is 291 g/mol. The molecule has 96 valence electrons. The van der Waals surface area contributed by atoms with E-state index in [1.807, 2.05) is 18.2 Å². The highest BCUT2D eigenvalue weighted by Crippen LogP contribution is 2.33. The van der Waals surface area contributed by atoms with Gasteiger partial charge < -0.3 is 9.73 Å². The van der Waals surface area contributed by atoms with Gasteiger partial charge in [0, 0.05) is 16.4 Å². The van der Waals surface area contributed by atoms with Crippen LogP contribution in [-0.4, -0.2) is 11.5 Å². The highest BCUT2D eigenvalue weighted by Gasteiger charge is 2.26. The second kappa shape index (κ2) is 4.34. The van der Waals surface area contributed by atoms with E-state index in [-0.39, 0.29) is 6.04 Å². The van der Waals surface area contributed by atoms with Crippen molar-refractivity contribution in [3.63, 3.8) is 0 Å². The number of benzene rings is 1. The molecule has 0 amide bonds. The van der Waals surface area contributed by atoms with Crippen molar-refractivity contribution >= 4 is 34.0 Å². The molecule has 1 aliphatic rings. The van der Waals surface area contributed by atoms with Gasteiger partial charge in [-0.25, -0.2) is 4.98 Å². The number of nitrogens with one attached hydrogen (secondary N) is 1. The number of rotatable bonds is 1. The van der Waals surface area contributed by atoms with Gasteiger partial charge in [-0.2, -0.15) is 0 Å². The van der Waals surface area contributed by atoms with Gasteiger partial charge in [-0.3, -0.25) is 0 Å². The van der Waals surface area contributed by atoms with Gasteiger partial charge in [0.05, 0.1) is 0 Å². The molecule has 0 radical (unpaired) electrons. The summed E-state index contributed by atoms with van der Waals surface area (Å²) in [6.45, 7) is 0.956. The average Bonchev–Trinajstić information content (AvgIpc) is 3.03. The van der Waals surface area contributed by atoms with Crippen molar-refractivity contribution < 1.29 is 4.42 Å². The predicted octanol–water partition coefficient (Wildman–Crippen LogP) is 3.78. The molecule has 1 aromatic carbocycles. The predicted molar refractivity (Wildman–Crippen MR) is 76.9 cm³/mol. The summed E-state index contributed by atoms with van der Waals surface area (Å²) in [7, 11) is 0. The van der Waals surface area contributed by atoms with E-state index in [1.165, 1.54) is 10.4 Å². The van der Waals surface area contributed by atoms with E-state index in [0.29, 0.717) is 5.02 Å². The molecule has 0 bridgehead atoms. The van der Waals surface area contributed by atoms with Crippen LogP contribution in [-0.2, 0) is 6.42 Å². The highest BCUT2D eigenvalue weighted by molar-refractivity contribution is 7.10. The first-order valence-corrected chi connectivity index (χ1v) is 7.43. The van der Waals surface area contributed by atoms with Crippen molar-refractivity contribution in [3.05, 3.63) is 51.0 Å². The number of hydrogen-bond donors (Lipinski definition) is 1. The molecule has 0 saturated carbocycles. The Morgan fingerprint density at radius 1 is 1.37 bits per heavy atom. The van der Waals surface area contributed by atoms with E-state index in [0.717, 1.165) is 30.0 Å². The molecule has 0 aliphatic carbocycles. The van der Waals surface area contributed by atoms with Crippen LogP contribution in [0.5, 0.6) is 0 Å². The van der Waals surface area contributed by atoms with Gasteiger partial charge >= 0.3 is 0 Å². The molecule has 1 N–H and O–H groups in total. The van der Waals surface area contributed by atoms with Gasteiger partial charge in [0.2, 0.25) is 5.89 Å². The van der Waals surface area contributed by atoms with Gasteiger partial charge in [-0.15, -0.1) is 11.3 Å². The van der Waals surface area contributed by atoms with Crippen LogP contribution in [0.25, 0.3) is 11.1 Å². The Morgan fingerprint density at radius 3 is 3.26 bits per heavy atom. The Bertz CT molecular complexity index is 749. The van der Waals surface area contributed by atoms with Crippen LogP contribution >= 0.6 is 22.9 Å². The Balaban J connectivity index is 1.83. The number of oxazole rings is 1. The zero-order valence-electron chi connectivity index (χ0n) is 10.0. The summed E-state index contributed by atoms with van der Waals surface area (Å²) in [5.41, 5.74) is 2.88. The third-order valence-electron chi connectivity index (χ3n) is 3.40. The maximum Gasteiger partial charge on any atom is 0.217 e. The van der Waals surface area contributed by atoms with E-state index in [4.69, 9.17) is 16.0 Å². The van der Waals surface area contributed by atoms with Crippen LogP contribution in [0, 0.1) is 0 Å². The lowest BCUT2D eigenvalue weighted by Gasteiger charge is -2.21. The molecule has 3 heterocycles. The summed E-state index contributed by atoms with van der Waals surface area (Å²) in [5, 5.41) is 6.28. The Morgan fingerprint density at radius 2 is 2.32 bits per heavy atom. The topological polar surface area (TPSA) is 38.1 Å². The van der Waals surface area contributed by atoms with Gasteiger partial charge in [0.1, 0.15) is 11.6 Å². The summed E-state index contributed by atoms with van der Waals surface area (Å²) in [4.78, 5) is 5.99. The molecule has 1 atom stereocenters. The van der Waals surface area contributed by atoms with Crippen LogP contribution in [0.1, 0.15) is 22.4 Å². The second-order valence-electron chi connectivity index (χ2n) is 4.60. The molecule has 19 heavy (non-hydrogen) atoms. The Labute approximate surface area is 119 Å². The summed E-state index contributed by atoms with van der Waals surface area (Å²) in [6.07, 6.45) is 1.08. The summed E-state index contributed by atoms with van der Waals surface area (Å²) in [5.74, 6) is 0.719. The van der Waals surface area contributed by atoms with Crippen LogP contribution in [0.2, 0.25) is 5.02 Å². The normalized spacial score (nSPS) is 18.7. The molecule has 0 fully saturated rings. The van der Waals surface area contributed by atoms with Crippen LogP contribution in [0.4, 0.5) is 0 Å². The molecule has 4 rings (SSSR count). The molecule has 1 aliphatic heterocycles.